The quantitative estimate of drug-likeness (QED) is 0.485. The number of para-hydroxylation sites is 1. The van der Waals surface area contributed by atoms with Gasteiger partial charge in [-0.2, -0.15) is 4.31 Å². The SMILES string of the molecule is COCCN(C)S(=O)(=O)c1cc2c(cc1Oc1ccccc1Cl)Oc1ccc(C)cc1NC2=O. The van der Waals surface area contributed by atoms with Crippen molar-refractivity contribution in [2.45, 2.75) is 11.8 Å². The number of carbonyl (C=O) groups excluding carboxylic acids is 1. The van der Waals surface area contributed by atoms with Crippen molar-refractivity contribution in [2.24, 2.45) is 0 Å². The highest BCUT2D eigenvalue weighted by molar-refractivity contribution is 7.89. The Hall–Kier alpha value is -3.11. The molecule has 0 atom stereocenters. The number of halogens is 1. The molecule has 0 radical (unpaired) electrons. The zero-order valence-corrected chi connectivity index (χ0v) is 20.4. The number of rotatable bonds is 7. The van der Waals surface area contributed by atoms with E-state index >= 15 is 0 Å². The van der Waals surface area contributed by atoms with Crippen molar-refractivity contribution < 1.29 is 27.4 Å². The second-order valence-electron chi connectivity index (χ2n) is 7.70. The van der Waals surface area contributed by atoms with Crippen molar-refractivity contribution in [1.29, 1.82) is 0 Å². The number of sulfonamides is 1. The standard InChI is InChI=1S/C24H23ClN2O6S/c1-15-8-9-20-18(12-15)26-24(28)16-13-23(34(29,30)27(2)10-11-31-3)22(14-21(16)33-20)32-19-7-5-4-6-17(19)25/h4-9,12-14H,10-11H2,1-3H3,(H,26,28). The maximum absolute atomic E-state index is 13.5. The Balaban J connectivity index is 1.87. The summed E-state index contributed by atoms with van der Waals surface area (Å²) >= 11 is 6.25. The maximum atomic E-state index is 13.5. The van der Waals surface area contributed by atoms with Crippen molar-refractivity contribution in [3.05, 3.63) is 70.7 Å². The van der Waals surface area contributed by atoms with Gasteiger partial charge in [-0.05, 0) is 42.8 Å². The molecule has 178 valence electrons. The van der Waals surface area contributed by atoms with Gasteiger partial charge in [0, 0.05) is 26.8 Å². The van der Waals surface area contributed by atoms with Crippen LogP contribution in [-0.4, -0.2) is 45.9 Å². The minimum Gasteiger partial charge on any atom is -0.454 e. The van der Waals surface area contributed by atoms with E-state index in [1.54, 1.807) is 36.4 Å². The number of anilines is 1. The summed E-state index contributed by atoms with van der Waals surface area (Å²) in [5.74, 6) is 0.309. The molecule has 0 aromatic heterocycles. The van der Waals surface area contributed by atoms with Crippen LogP contribution in [0, 0.1) is 6.92 Å². The van der Waals surface area contributed by atoms with Crippen LogP contribution in [0.5, 0.6) is 23.0 Å². The highest BCUT2D eigenvalue weighted by Gasteiger charge is 2.31. The molecule has 3 aromatic carbocycles. The molecule has 0 unspecified atom stereocenters. The number of carbonyl (C=O) groups is 1. The van der Waals surface area contributed by atoms with Crippen LogP contribution >= 0.6 is 11.6 Å². The smallest absolute Gasteiger partial charge is 0.259 e. The topological polar surface area (TPSA) is 94.2 Å². The number of likely N-dealkylation sites (N-methyl/N-ethyl adjacent to an activating group) is 1. The molecular weight excluding hydrogens is 480 g/mol. The summed E-state index contributed by atoms with van der Waals surface area (Å²) in [4.78, 5) is 12.8. The van der Waals surface area contributed by atoms with Crippen LogP contribution in [0.4, 0.5) is 5.69 Å². The van der Waals surface area contributed by atoms with E-state index in [9.17, 15) is 13.2 Å². The van der Waals surface area contributed by atoms with Gasteiger partial charge in [0.2, 0.25) is 10.0 Å². The van der Waals surface area contributed by atoms with E-state index in [0.717, 1.165) is 9.87 Å². The van der Waals surface area contributed by atoms with E-state index < -0.39 is 15.9 Å². The van der Waals surface area contributed by atoms with Crippen molar-refractivity contribution >= 4 is 33.2 Å². The molecule has 0 bridgehead atoms. The monoisotopic (exact) mass is 502 g/mol. The van der Waals surface area contributed by atoms with Gasteiger partial charge in [0.05, 0.1) is 22.9 Å². The molecule has 1 heterocycles. The number of hydrogen-bond donors (Lipinski definition) is 1. The second-order valence-corrected chi connectivity index (χ2v) is 10.1. The minimum absolute atomic E-state index is 0.0283. The summed E-state index contributed by atoms with van der Waals surface area (Å²) in [5, 5.41) is 3.08. The van der Waals surface area contributed by atoms with E-state index in [0.29, 0.717) is 16.5 Å². The molecule has 1 N–H and O–H groups in total. The highest BCUT2D eigenvalue weighted by atomic mass is 35.5. The lowest BCUT2D eigenvalue weighted by Gasteiger charge is -2.20. The average Bonchev–Trinajstić information content (AvgIpc) is 2.93. The Kier molecular flexibility index (Phi) is 6.81. The fourth-order valence-electron chi connectivity index (χ4n) is 3.38. The lowest BCUT2D eigenvalue weighted by Crippen LogP contribution is -2.30. The first-order valence-corrected chi connectivity index (χ1v) is 12.2. The third-order valence-electron chi connectivity index (χ3n) is 5.25. The molecule has 0 saturated carbocycles. The Morgan fingerprint density at radius 3 is 2.56 bits per heavy atom. The van der Waals surface area contributed by atoms with Crippen LogP contribution in [0.25, 0.3) is 0 Å². The predicted molar refractivity (Wildman–Crippen MR) is 129 cm³/mol. The number of amides is 1. The van der Waals surface area contributed by atoms with Gasteiger partial charge in [-0.3, -0.25) is 4.79 Å². The van der Waals surface area contributed by atoms with Crippen molar-refractivity contribution in [3.8, 4) is 23.0 Å². The van der Waals surface area contributed by atoms with Crippen LogP contribution in [0.3, 0.4) is 0 Å². The molecule has 0 fully saturated rings. The second kappa shape index (κ2) is 9.63. The van der Waals surface area contributed by atoms with E-state index in [1.165, 1.54) is 26.3 Å². The largest absolute Gasteiger partial charge is 0.454 e. The summed E-state index contributed by atoms with van der Waals surface area (Å²) in [7, 11) is -1.16. The van der Waals surface area contributed by atoms with Crippen LogP contribution in [0.2, 0.25) is 5.02 Å². The maximum Gasteiger partial charge on any atom is 0.259 e. The molecule has 3 aromatic rings. The van der Waals surface area contributed by atoms with Crippen LogP contribution < -0.4 is 14.8 Å². The van der Waals surface area contributed by atoms with Crippen molar-refractivity contribution in [3.63, 3.8) is 0 Å². The van der Waals surface area contributed by atoms with Gasteiger partial charge >= 0.3 is 0 Å². The number of hydrogen-bond acceptors (Lipinski definition) is 6. The summed E-state index contributed by atoms with van der Waals surface area (Å²) in [6.07, 6.45) is 0. The molecule has 1 aliphatic rings. The molecule has 10 heteroatoms. The predicted octanol–water partition coefficient (Wildman–Crippen LogP) is 5.07. The van der Waals surface area contributed by atoms with Crippen LogP contribution in [-0.2, 0) is 14.8 Å². The summed E-state index contributed by atoms with van der Waals surface area (Å²) in [6.45, 7) is 2.19. The number of fused-ring (bicyclic) bond motifs is 2. The fourth-order valence-corrected chi connectivity index (χ4v) is 4.82. The van der Waals surface area contributed by atoms with E-state index in [-0.39, 0.29) is 40.9 Å². The van der Waals surface area contributed by atoms with E-state index in [4.69, 9.17) is 25.8 Å². The van der Waals surface area contributed by atoms with Gasteiger partial charge < -0.3 is 19.5 Å². The van der Waals surface area contributed by atoms with Gasteiger partial charge in [-0.15, -0.1) is 0 Å². The summed E-state index contributed by atoms with van der Waals surface area (Å²) < 4.78 is 45.0. The molecule has 0 saturated heterocycles. The van der Waals surface area contributed by atoms with Crippen LogP contribution in [0.15, 0.2) is 59.5 Å². The average molecular weight is 503 g/mol. The highest BCUT2D eigenvalue weighted by Crippen LogP contribution is 2.42. The lowest BCUT2D eigenvalue weighted by molar-refractivity contribution is 0.102. The molecule has 8 nitrogen and oxygen atoms in total. The Bertz CT molecular complexity index is 1360. The Morgan fingerprint density at radius 2 is 1.82 bits per heavy atom. The molecule has 4 rings (SSSR count). The molecule has 1 amide bonds. The number of methoxy groups -OCH3 is 1. The number of aryl methyl sites for hydroxylation is 1. The zero-order chi connectivity index (χ0) is 24.5. The molecule has 1 aliphatic heterocycles. The first-order valence-electron chi connectivity index (χ1n) is 10.4. The number of benzene rings is 3. The Labute approximate surface area is 203 Å². The van der Waals surface area contributed by atoms with Gasteiger partial charge in [0.25, 0.3) is 5.91 Å². The van der Waals surface area contributed by atoms with Gasteiger partial charge in [0.1, 0.15) is 16.4 Å². The molecule has 0 spiro atoms. The molecular formula is C24H23ClN2O6S. The summed E-state index contributed by atoms with van der Waals surface area (Å²) in [5.41, 5.74) is 1.47. The zero-order valence-electron chi connectivity index (χ0n) is 18.8. The minimum atomic E-state index is -4.07. The first kappa shape index (κ1) is 24.0. The fraction of sp³-hybridized carbons (Fsp3) is 0.208. The molecule has 34 heavy (non-hydrogen) atoms. The lowest BCUT2D eigenvalue weighted by atomic mass is 10.1. The van der Waals surface area contributed by atoms with E-state index in [2.05, 4.69) is 5.32 Å². The Morgan fingerprint density at radius 1 is 1.06 bits per heavy atom. The number of nitrogens with zero attached hydrogens (tertiary/aromatic N) is 1. The first-order chi connectivity index (χ1) is 16.2. The van der Waals surface area contributed by atoms with Crippen LogP contribution in [0.1, 0.15) is 15.9 Å². The van der Waals surface area contributed by atoms with Gasteiger partial charge in [-0.1, -0.05) is 29.8 Å². The van der Waals surface area contributed by atoms with Gasteiger partial charge in [-0.25, -0.2) is 8.42 Å². The van der Waals surface area contributed by atoms with Crippen molar-refractivity contribution in [1.82, 2.24) is 4.31 Å². The van der Waals surface area contributed by atoms with Gasteiger partial charge in [0.15, 0.2) is 11.5 Å². The third-order valence-corrected chi connectivity index (χ3v) is 7.44. The van der Waals surface area contributed by atoms with Crippen molar-refractivity contribution in [2.75, 3.05) is 32.6 Å². The summed E-state index contributed by atoms with van der Waals surface area (Å²) in [6, 6.07) is 14.7. The number of ether oxygens (including phenoxy) is 3. The number of nitrogens with one attached hydrogen (secondary N) is 1. The third kappa shape index (κ3) is 4.74. The normalized spacial score (nSPS) is 12.9. The molecule has 0 aliphatic carbocycles. The van der Waals surface area contributed by atoms with E-state index in [1.807, 2.05) is 13.0 Å².